The molecule has 2 nitrogen and oxygen atoms in total. The van der Waals surface area contributed by atoms with Crippen molar-refractivity contribution in [2.24, 2.45) is 0 Å². The molecule has 0 fully saturated rings. The van der Waals surface area contributed by atoms with Gasteiger partial charge in [0.25, 0.3) is 0 Å². The van der Waals surface area contributed by atoms with Gasteiger partial charge in [-0.25, -0.2) is 4.98 Å². The quantitative estimate of drug-likeness (QED) is 0.757. The van der Waals surface area contributed by atoms with Crippen LogP contribution in [0.4, 0.5) is 5.82 Å². The Labute approximate surface area is 110 Å². The summed E-state index contributed by atoms with van der Waals surface area (Å²) >= 11 is 1.78. The van der Waals surface area contributed by atoms with Crippen molar-refractivity contribution in [3.63, 3.8) is 0 Å². The molecule has 90 valence electrons. The number of fused-ring (bicyclic) bond motifs is 1. The lowest BCUT2D eigenvalue weighted by Crippen LogP contribution is -2.01. The molecule has 2 heterocycles. The number of benzene rings is 1. The Bertz CT molecular complexity index is 668. The predicted octanol–water partition coefficient (Wildman–Crippen LogP) is 4.22. The van der Waals surface area contributed by atoms with Crippen LogP contribution in [-0.4, -0.2) is 4.98 Å². The number of nitrogens with zero attached hydrogens (tertiary/aromatic N) is 1. The van der Waals surface area contributed by atoms with E-state index in [9.17, 15) is 0 Å². The number of anilines is 1. The number of nitrogens with one attached hydrogen (secondary N) is 1. The number of rotatable bonds is 3. The van der Waals surface area contributed by atoms with E-state index in [4.69, 9.17) is 0 Å². The van der Waals surface area contributed by atoms with Gasteiger partial charge in [0.1, 0.15) is 5.82 Å². The Morgan fingerprint density at radius 2 is 2.06 bits per heavy atom. The van der Waals surface area contributed by atoms with E-state index in [1.807, 2.05) is 18.3 Å². The first-order valence-electron chi connectivity index (χ1n) is 5.95. The van der Waals surface area contributed by atoms with Crippen molar-refractivity contribution in [1.29, 1.82) is 0 Å². The highest BCUT2D eigenvalue weighted by atomic mass is 32.1. The van der Waals surface area contributed by atoms with Crippen LogP contribution in [0.2, 0.25) is 0 Å². The smallest absolute Gasteiger partial charge is 0.134 e. The van der Waals surface area contributed by atoms with Crippen molar-refractivity contribution < 1.29 is 0 Å². The summed E-state index contributed by atoms with van der Waals surface area (Å²) in [5.74, 6) is 0.959. The molecule has 0 saturated carbocycles. The summed E-state index contributed by atoms with van der Waals surface area (Å²) < 4.78 is 0. The average molecular weight is 254 g/mol. The molecule has 3 heteroatoms. The molecule has 3 rings (SSSR count). The summed E-state index contributed by atoms with van der Waals surface area (Å²) in [5, 5.41) is 7.95. The predicted molar refractivity (Wildman–Crippen MR) is 78.1 cm³/mol. The van der Waals surface area contributed by atoms with Crippen molar-refractivity contribution in [3.8, 4) is 0 Å². The fourth-order valence-corrected chi connectivity index (χ4v) is 2.86. The van der Waals surface area contributed by atoms with Crippen LogP contribution in [0.5, 0.6) is 0 Å². The zero-order valence-electron chi connectivity index (χ0n) is 10.2. The molecule has 0 aliphatic heterocycles. The van der Waals surface area contributed by atoms with Gasteiger partial charge in [-0.1, -0.05) is 24.3 Å². The van der Waals surface area contributed by atoms with E-state index >= 15 is 0 Å². The zero-order valence-corrected chi connectivity index (χ0v) is 11.0. The number of thiophene rings is 1. The number of aryl methyl sites for hydroxylation is 1. The van der Waals surface area contributed by atoms with Crippen LogP contribution in [0.15, 0.2) is 48.0 Å². The minimum Gasteiger partial charge on any atom is -0.365 e. The molecule has 1 N–H and O–H groups in total. The van der Waals surface area contributed by atoms with Crippen LogP contribution in [0.1, 0.15) is 10.4 Å². The lowest BCUT2D eigenvalue weighted by Gasteiger charge is -2.08. The SMILES string of the molecule is Cc1ccsc1CNc1nccc2ccccc12. The monoisotopic (exact) mass is 254 g/mol. The standard InChI is InChI=1S/C15H14N2S/c1-11-7-9-18-14(11)10-17-15-13-5-3-2-4-12(13)6-8-16-15/h2-9H,10H2,1H3,(H,16,17). The minimum absolute atomic E-state index is 0.838. The van der Waals surface area contributed by atoms with Crippen LogP contribution in [0.3, 0.4) is 0 Å². The summed E-state index contributed by atoms with van der Waals surface area (Å²) in [6.45, 7) is 2.98. The van der Waals surface area contributed by atoms with E-state index in [0.29, 0.717) is 0 Å². The molecule has 0 saturated heterocycles. The van der Waals surface area contributed by atoms with Crippen molar-refractivity contribution >= 4 is 27.9 Å². The van der Waals surface area contributed by atoms with E-state index in [0.717, 1.165) is 12.4 Å². The van der Waals surface area contributed by atoms with Gasteiger partial charge in [-0.3, -0.25) is 0 Å². The molecule has 0 atom stereocenters. The third kappa shape index (κ3) is 2.09. The van der Waals surface area contributed by atoms with Gasteiger partial charge in [-0.05, 0) is 35.4 Å². The normalized spacial score (nSPS) is 10.7. The first-order valence-corrected chi connectivity index (χ1v) is 6.83. The van der Waals surface area contributed by atoms with E-state index in [1.54, 1.807) is 11.3 Å². The molecule has 1 aromatic carbocycles. The molecule has 3 aromatic rings. The second-order valence-corrected chi connectivity index (χ2v) is 5.26. The van der Waals surface area contributed by atoms with Crippen molar-refractivity contribution in [2.75, 3.05) is 5.32 Å². The molecule has 0 aliphatic rings. The summed E-state index contributed by atoms with van der Waals surface area (Å²) in [7, 11) is 0. The van der Waals surface area contributed by atoms with Gasteiger partial charge >= 0.3 is 0 Å². The van der Waals surface area contributed by atoms with Gasteiger partial charge in [-0.15, -0.1) is 11.3 Å². The summed E-state index contributed by atoms with van der Waals surface area (Å²) in [6, 6.07) is 12.5. The molecule has 0 spiro atoms. The number of pyridine rings is 1. The third-order valence-corrected chi connectivity index (χ3v) is 4.08. The highest BCUT2D eigenvalue weighted by Gasteiger charge is 2.03. The van der Waals surface area contributed by atoms with Crippen LogP contribution >= 0.6 is 11.3 Å². The second kappa shape index (κ2) is 4.78. The van der Waals surface area contributed by atoms with Gasteiger partial charge in [0, 0.05) is 16.5 Å². The van der Waals surface area contributed by atoms with Crippen LogP contribution in [0, 0.1) is 6.92 Å². The first kappa shape index (κ1) is 11.2. The highest BCUT2D eigenvalue weighted by molar-refractivity contribution is 7.10. The largest absolute Gasteiger partial charge is 0.365 e. The van der Waals surface area contributed by atoms with E-state index in [2.05, 4.69) is 46.9 Å². The van der Waals surface area contributed by atoms with Crippen molar-refractivity contribution in [3.05, 3.63) is 58.4 Å². The van der Waals surface area contributed by atoms with Gasteiger partial charge in [0.05, 0.1) is 6.54 Å². The molecule has 0 bridgehead atoms. The van der Waals surface area contributed by atoms with E-state index in [1.165, 1.54) is 21.2 Å². The summed E-state index contributed by atoms with van der Waals surface area (Å²) in [6.07, 6.45) is 1.85. The molecule has 0 radical (unpaired) electrons. The topological polar surface area (TPSA) is 24.9 Å². The zero-order chi connectivity index (χ0) is 12.4. The van der Waals surface area contributed by atoms with Gasteiger partial charge in [0.2, 0.25) is 0 Å². The lowest BCUT2D eigenvalue weighted by molar-refractivity contribution is 1.14. The van der Waals surface area contributed by atoms with E-state index in [-0.39, 0.29) is 0 Å². The van der Waals surface area contributed by atoms with Gasteiger partial charge < -0.3 is 5.32 Å². The van der Waals surface area contributed by atoms with Gasteiger partial charge in [-0.2, -0.15) is 0 Å². The molecule has 0 aliphatic carbocycles. The Morgan fingerprint density at radius 1 is 1.17 bits per heavy atom. The second-order valence-electron chi connectivity index (χ2n) is 4.26. The van der Waals surface area contributed by atoms with Gasteiger partial charge in [0.15, 0.2) is 0 Å². The Hall–Kier alpha value is -1.87. The Balaban J connectivity index is 1.89. The van der Waals surface area contributed by atoms with Crippen molar-refractivity contribution in [2.45, 2.75) is 13.5 Å². The molecule has 18 heavy (non-hydrogen) atoms. The molecular formula is C15H14N2S. The summed E-state index contributed by atoms with van der Waals surface area (Å²) in [4.78, 5) is 5.80. The van der Waals surface area contributed by atoms with Crippen LogP contribution in [0.25, 0.3) is 10.8 Å². The number of hydrogen-bond donors (Lipinski definition) is 1. The van der Waals surface area contributed by atoms with Crippen LogP contribution < -0.4 is 5.32 Å². The lowest BCUT2D eigenvalue weighted by atomic mass is 10.1. The maximum Gasteiger partial charge on any atom is 0.134 e. The first-order chi connectivity index (χ1) is 8.84. The van der Waals surface area contributed by atoms with E-state index < -0.39 is 0 Å². The number of aromatic nitrogens is 1. The molecule has 0 unspecified atom stereocenters. The third-order valence-electron chi connectivity index (χ3n) is 3.06. The molecule has 2 aromatic heterocycles. The fraction of sp³-hybridized carbons (Fsp3) is 0.133. The molecule has 0 amide bonds. The maximum atomic E-state index is 4.43. The van der Waals surface area contributed by atoms with Crippen molar-refractivity contribution in [1.82, 2.24) is 4.98 Å². The average Bonchev–Trinajstić information content (AvgIpc) is 2.82. The number of hydrogen-bond acceptors (Lipinski definition) is 3. The highest BCUT2D eigenvalue weighted by Crippen LogP contribution is 2.22. The fourth-order valence-electron chi connectivity index (χ4n) is 2.01. The maximum absolute atomic E-state index is 4.43. The molecular weight excluding hydrogens is 240 g/mol. The Kier molecular flexibility index (Phi) is 2.99. The minimum atomic E-state index is 0.838. The van der Waals surface area contributed by atoms with Crippen LogP contribution in [-0.2, 0) is 6.54 Å². The summed E-state index contributed by atoms with van der Waals surface area (Å²) in [5.41, 5.74) is 1.34. The Morgan fingerprint density at radius 3 is 2.89 bits per heavy atom.